The standard InChI is InChI=1S/C24H21F4N5O4/c25-12-36-18-5-6-19-20(8-18)30-13-31-22(19)37-17-3-1-15(2-4-17)33-21(34)11-32(23(33)35)16-7-14(9-29-10-16)24(26,27)28/h5-10,13,15,17H,1-4,11-12H2. The summed E-state index contributed by atoms with van der Waals surface area (Å²) in [6.07, 6.45) is 0.281. The summed E-state index contributed by atoms with van der Waals surface area (Å²) < 4.78 is 62.6. The largest absolute Gasteiger partial charge is 0.474 e. The van der Waals surface area contributed by atoms with Crippen LogP contribution in [0, 0.1) is 0 Å². The molecule has 5 rings (SSSR count). The maximum absolute atomic E-state index is 13.1. The Bertz CT molecular complexity index is 1330. The van der Waals surface area contributed by atoms with Crippen LogP contribution in [-0.4, -0.2) is 57.3 Å². The van der Waals surface area contributed by atoms with Crippen molar-refractivity contribution in [3.05, 3.63) is 48.5 Å². The summed E-state index contributed by atoms with van der Waals surface area (Å²) in [4.78, 5) is 39.8. The van der Waals surface area contributed by atoms with Gasteiger partial charge in [0, 0.05) is 18.3 Å². The van der Waals surface area contributed by atoms with Crippen molar-refractivity contribution in [3.8, 4) is 11.6 Å². The number of alkyl halides is 4. The fraction of sp³-hybridized carbons (Fsp3) is 0.375. The molecule has 1 saturated heterocycles. The van der Waals surface area contributed by atoms with Crippen LogP contribution in [0.3, 0.4) is 0 Å². The Hall–Kier alpha value is -4.03. The van der Waals surface area contributed by atoms with Crippen molar-refractivity contribution in [3.63, 3.8) is 0 Å². The predicted octanol–water partition coefficient (Wildman–Crippen LogP) is 4.51. The fourth-order valence-electron chi connectivity index (χ4n) is 4.65. The minimum absolute atomic E-state index is 0.0802. The molecule has 9 nitrogen and oxygen atoms in total. The third kappa shape index (κ3) is 4.98. The van der Waals surface area contributed by atoms with Crippen molar-refractivity contribution in [1.82, 2.24) is 19.9 Å². The van der Waals surface area contributed by atoms with Gasteiger partial charge in [0.15, 0.2) is 0 Å². The fourth-order valence-corrected chi connectivity index (χ4v) is 4.65. The Kier molecular flexibility index (Phi) is 6.52. The highest BCUT2D eigenvalue weighted by Gasteiger charge is 2.43. The number of hydrogen-bond donors (Lipinski definition) is 0. The van der Waals surface area contributed by atoms with Gasteiger partial charge in [0.2, 0.25) is 12.7 Å². The molecule has 0 spiro atoms. The Balaban J connectivity index is 1.24. The van der Waals surface area contributed by atoms with Crippen molar-refractivity contribution in [2.24, 2.45) is 0 Å². The number of halogens is 4. The summed E-state index contributed by atoms with van der Waals surface area (Å²) >= 11 is 0. The summed E-state index contributed by atoms with van der Waals surface area (Å²) in [6.45, 7) is -1.31. The Labute approximate surface area is 208 Å². The van der Waals surface area contributed by atoms with E-state index in [-0.39, 0.29) is 18.3 Å². The van der Waals surface area contributed by atoms with Gasteiger partial charge in [-0.1, -0.05) is 0 Å². The van der Waals surface area contributed by atoms with E-state index < -0.39 is 36.6 Å². The molecular formula is C24H21F4N5O4. The molecule has 1 aliphatic carbocycles. The van der Waals surface area contributed by atoms with Crippen molar-refractivity contribution in [2.45, 2.75) is 44.0 Å². The van der Waals surface area contributed by atoms with Crippen LogP contribution in [0.25, 0.3) is 10.9 Å². The van der Waals surface area contributed by atoms with Crippen LogP contribution in [-0.2, 0) is 11.0 Å². The summed E-state index contributed by atoms with van der Waals surface area (Å²) in [5, 5.41) is 0.631. The van der Waals surface area contributed by atoms with Crippen LogP contribution in [0.5, 0.6) is 11.6 Å². The zero-order valence-corrected chi connectivity index (χ0v) is 19.3. The van der Waals surface area contributed by atoms with Crippen molar-refractivity contribution in [2.75, 3.05) is 18.3 Å². The summed E-state index contributed by atoms with van der Waals surface area (Å²) in [6, 6.07) is 4.60. The quantitative estimate of drug-likeness (QED) is 0.349. The van der Waals surface area contributed by atoms with Gasteiger partial charge in [-0.2, -0.15) is 13.2 Å². The second-order valence-electron chi connectivity index (χ2n) is 8.72. The predicted molar refractivity (Wildman–Crippen MR) is 122 cm³/mol. The van der Waals surface area contributed by atoms with Crippen molar-refractivity contribution >= 4 is 28.5 Å². The molecule has 1 aliphatic heterocycles. The molecule has 37 heavy (non-hydrogen) atoms. The average Bonchev–Trinajstić information content (AvgIpc) is 3.18. The van der Waals surface area contributed by atoms with E-state index in [9.17, 15) is 27.2 Å². The average molecular weight is 519 g/mol. The first-order valence-corrected chi connectivity index (χ1v) is 11.5. The van der Waals surface area contributed by atoms with Gasteiger partial charge in [-0.25, -0.2) is 19.2 Å². The van der Waals surface area contributed by atoms with E-state index in [1.54, 1.807) is 18.2 Å². The summed E-state index contributed by atoms with van der Waals surface area (Å²) in [7, 11) is 0. The van der Waals surface area contributed by atoms with E-state index in [1.807, 2.05) is 0 Å². The minimum atomic E-state index is -4.62. The second-order valence-corrected chi connectivity index (χ2v) is 8.72. The SMILES string of the molecule is O=C1CN(c2cncc(C(F)(F)F)c2)C(=O)N1C1CCC(Oc2ncnc3cc(OCF)ccc23)CC1. The first-order valence-electron chi connectivity index (χ1n) is 11.5. The van der Waals surface area contributed by atoms with Crippen LogP contribution in [0.4, 0.5) is 28.0 Å². The number of imide groups is 1. The molecule has 13 heteroatoms. The van der Waals surface area contributed by atoms with E-state index >= 15 is 0 Å². The molecule has 0 atom stereocenters. The first kappa shape index (κ1) is 24.7. The lowest BCUT2D eigenvalue weighted by Gasteiger charge is -2.33. The lowest BCUT2D eigenvalue weighted by molar-refractivity contribution is -0.137. The number of nitrogens with zero attached hydrogens (tertiary/aromatic N) is 5. The summed E-state index contributed by atoms with van der Waals surface area (Å²) in [5.74, 6) is 0.215. The molecule has 194 valence electrons. The normalized spacial score (nSPS) is 20.5. The third-order valence-corrected chi connectivity index (χ3v) is 6.44. The zero-order chi connectivity index (χ0) is 26.2. The number of fused-ring (bicyclic) bond motifs is 1. The molecule has 3 amide bonds. The highest BCUT2D eigenvalue weighted by atomic mass is 19.4. The molecule has 0 bridgehead atoms. The van der Waals surface area contributed by atoms with Crippen LogP contribution in [0.15, 0.2) is 43.0 Å². The van der Waals surface area contributed by atoms with Crippen molar-refractivity contribution in [1.29, 1.82) is 0 Å². The van der Waals surface area contributed by atoms with Crippen LogP contribution >= 0.6 is 0 Å². The lowest BCUT2D eigenvalue weighted by Crippen LogP contribution is -2.44. The lowest BCUT2D eigenvalue weighted by atomic mass is 9.92. The molecule has 0 unspecified atom stereocenters. The molecule has 2 aromatic heterocycles. The number of urea groups is 1. The maximum atomic E-state index is 13.1. The molecular weight excluding hydrogens is 498 g/mol. The molecule has 1 aromatic carbocycles. The van der Waals surface area contributed by atoms with Crippen LogP contribution < -0.4 is 14.4 Å². The number of rotatable bonds is 6. The smallest absolute Gasteiger partial charge is 0.417 e. The van der Waals surface area contributed by atoms with E-state index in [1.165, 1.54) is 6.33 Å². The molecule has 1 saturated carbocycles. The minimum Gasteiger partial charge on any atom is -0.474 e. The molecule has 2 aliphatic rings. The Morgan fingerprint density at radius 3 is 2.54 bits per heavy atom. The Morgan fingerprint density at radius 2 is 1.81 bits per heavy atom. The number of amides is 3. The van der Waals surface area contributed by atoms with E-state index in [0.717, 1.165) is 22.1 Å². The third-order valence-electron chi connectivity index (χ3n) is 6.44. The molecule has 2 fully saturated rings. The molecule has 3 aromatic rings. The number of anilines is 1. The topological polar surface area (TPSA) is 97.8 Å². The first-order chi connectivity index (χ1) is 17.7. The molecule has 0 N–H and O–H groups in total. The monoisotopic (exact) mass is 519 g/mol. The van der Waals surface area contributed by atoms with Gasteiger partial charge in [-0.15, -0.1) is 0 Å². The number of hydrogen-bond acceptors (Lipinski definition) is 7. The number of pyridine rings is 1. The van der Waals surface area contributed by atoms with E-state index in [4.69, 9.17) is 9.47 Å². The summed E-state index contributed by atoms with van der Waals surface area (Å²) in [5.41, 5.74) is -0.546. The second kappa shape index (κ2) is 9.79. The van der Waals surface area contributed by atoms with Crippen molar-refractivity contribution < 1.29 is 36.6 Å². The van der Waals surface area contributed by atoms with E-state index in [0.29, 0.717) is 54.4 Å². The number of aromatic nitrogens is 3. The van der Waals surface area contributed by atoms with Crippen LogP contribution in [0.1, 0.15) is 31.2 Å². The van der Waals surface area contributed by atoms with Crippen LogP contribution in [0.2, 0.25) is 0 Å². The van der Waals surface area contributed by atoms with Gasteiger partial charge in [-0.05, 0) is 43.9 Å². The number of ether oxygens (including phenoxy) is 2. The number of carbonyl (C=O) groups is 2. The number of carbonyl (C=O) groups excluding carboxylic acids is 2. The van der Waals surface area contributed by atoms with Gasteiger partial charge in [0.25, 0.3) is 5.91 Å². The Morgan fingerprint density at radius 1 is 1.03 bits per heavy atom. The highest BCUT2D eigenvalue weighted by molar-refractivity contribution is 6.12. The maximum Gasteiger partial charge on any atom is 0.417 e. The van der Waals surface area contributed by atoms with Gasteiger partial charge in [-0.3, -0.25) is 19.6 Å². The molecule has 3 heterocycles. The van der Waals surface area contributed by atoms with Gasteiger partial charge >= 0.3 is 12.2 Å². The van der Waals surface area contributed by atoms with Gasteiger partial charge < -0.3 is 9.47 Å². The number of benzene rings is 1. The zero-order valence-electron chi connectivity index (χ0n) is 19.3. The van der Waals surface area contributed by atoms with E-state index in [2.05, 4.69) is 15.0 Å². The van der Waals surface area contributed by atoms with Gasteiger partial charge in [0.1, 0.15) is 24.7 Å². The molecule has 0 radical (unpaired) electrons. The van der Waals surface area contributed by atoms with Gasteiger partial charge in [0.05, 0.1) is 28.4 Å². The highest BCUT2D eigenvalue weighted by Crippen LogP contribution is 2.34.